The van der Waals surface area contributed by atoms with Gasteiger partial charge in [0.05, 0.1) is 4.90 Å². The maximum atomic E-state index is 11.4. The molecule has 2 N–H and O–H groups in total. The fourth-order valence-electron chi connectivity index (χ4n) is 1.09. The third-order valence-corrected chi connectivity index (χ3v) is 2.95. The predicted molar refractivity (Wildman–Crippen MR) is 57.4 cm³/mol. The lowest BCUT2D eigenvalue weighted by atomic mass is 10.1. The number of primary sulfonamides is 1. The molecule has 6 heteroatoms. The summed E-state index contributed by atoms with van der Waals surface area (Å²) in [6.45, 7) is 1.68. The van der Waals surface area contributed by atoms with E-state index in [0.29, 0.717) is 0 Å². The molecule has 0 aliphatic carbocycles. The third kappa shape index (κ3) is 3.02. The van der Waals surface area contributed by atoms with Crippen LogP contribution < -0.4 is 5.14 Å². The zero-order chi connectivity index (χ0) is 11.6. The molecule has 15 heavy (non-hydrogen) atoms. The minimum atomic E-state index is -3.83. The maximum absolute atomic E-state index is 11.4. The van der Waals surface area contributed by atoms with Gasteiger partial charge in [-0.05, 0) is 18.2 Å². The average Bonchev–Trinajstić information content (AvgIpc) is 2.14. The van der Waals surface area contributed by atoms with Gasteiger partial charge in [-0.1, -0.05) is 18.5 Å². The molecular formula is C9H10ClNO3S. The number of halogens is 1. The molecule has 0 unspecified atom stereocenters. The molecule has 0 fully saturated rings. The number of ketones is 1. The fourth-order valence-corrected chi connectivity index (χ4v) is 1.97. The minimum Gasteiger partial charge on any atom is -0.294 e. The van der Waals surface area contributed by atoms with Gasteiger partial charge in [0.1, 0.15) is 0 Å². The van der Waals surface area contributed by atoms with E-state index in [4.69, 9.17) is 16.7 Å². The van der Waals surface area contributed by atoms with E-state index in [9.17, 15) is 13.2 Å². The SMILES string of the molecule is CCC(=O)c1cc(Cl)cc(S(N)(=O)=O)c1. The molecular weight excluding hydrogens is 238 g/mol. The fraction of sp³-hybridized carbons (Fsp3) is 0.222. The summed E-state index contributed by atoms with van der Waals surface area (Å²) in [5, 5.41) is 5.12. The molecule has 82 valence electrons. The van der Waals surface area contributed by atoms with Crippen molar-refractivity contribution in [3.63, 3.8) is 0 Å². The molecule has 0 spiro atoms. The molecule has 0 amide bonds. The Bertz CT molecular complexity index is 496. The Morgan fingerprint density at radius 2 is 2.00 bits per heavy atom. The summed E-state index contributed by atoms with van der Waals surface area (Å²) in [6, 6.07) is 3.86. The van der Waals surface area contributed by atoms with E-state index in [1.165, 1.54) is 18.2 Å². The van der Waals surface area contributed by atoms with Gasteiger partial charge in [0.2, 0.25) is 10.0 Å². The van der Waals surface area contributed by atoms with Crippen molar-refractivity contribution in [3.8, 4) is 0 Å². The van der Waals surface area contributed by atoms with Crippen LogP contribution in [0.15, 0.2) is 23.1 Å². The van der Waals surface area contributed by atoms with Gasteiger partial charge in [-0.15, -0.1) is 0 Å². The van der Waals surface area contributed by atoms with Gasteiger partial charge in [-0.3, -0.25) is 4.79 Å². The van der Waals surface area contributed by atoms with Crippen molar-refractivity contribution in [2.45, 2.75) is 18.2 Å². The van der Waals surface area contributed by atoms with Gasteiger partial charge in [-0.2, -0.15) is 0 Å². The average molecular weight is 248 g/mol. The van der Waals surface area contributed by atoms with E-state index >= 15 is 0 Å². The summed E-state index contributed by atoms with van der Waals surface area (Å²) in [5.74, 6) is -0.178. The highest BCUT2D eigenvalue weighted by Crippen LogP contribution is 2.19. The topological polar surface area (TPSA) is 77.2 Å². The van der Waals surface area contributed by atoms with Crippen molar-refractivity contribution in [2.24, 2.45) is 5.14 Å². The quantitative estimate of drug-likeness (QED) is 0.824. The number of sulfonamides is 1. The lowest BCUT2D eigenvalue weighted by Gasteiger charge is -2.03. The summed E-state index contributed by atoms with van der Waals surface area (Å²) in [4.78, 5) is 11.2. The van der Waals surface area contributed by atoms with Crippen LogP contribution >= 0.6 is 11.6 Å². The highest BCUT2D eigenvalue weighted by molar-refractivity contribution is 7.89. The number of Topliss-reactive ketones (excluding diaryl/α,β-unsaturated/α-hetero) is 1. The van der Waals surface area contributed by atoms with Crippen LogP contribution in [0.1, 0.15) is 23.7 Å². The van der Waals surface area contributed by atoms with Gasteiger partial charge >= 0.3 is 0 Å². The summed E-state index contributed by atoms with van der Waals surface area (Å²) < 4.78 is 22.1. The van der Waals surface area contributed by atoms with Crippen LogP contribution in [-0.2, 0) is 10.0 Å². The van der Waals surface area contributed by atoms with Crippen LogP contribution in [0.3, 0.4) is 0 Å². The number of carbonyl (C=O) groups is 1. The Morgan fingerprint density at radius 1 is 1.40 bits per heavy atom. The Hall–Kier alpha value is -0.910. The van der Waals surface area contributed by atoms with Crippen molar-refractivity contribution < 1.29 is 13.2 Å². The van der Waals surface area contributed by atoms with Gasteiger partial charge in [0.25, 0.3) is 0 Å². The number of nitrogens with two attached hydrogens (primary N) is 1. The number of carbonyl (C=O) groups excluding carboxylic acids is 1. The summed E-state index contributed by atoms with van der Waals surface area (Å²) in [7, 11) is -3.83. The normalized spacial score (nSPS) is 11.4. The zero-order valence-electron chi connectivity index (χ0n) is 8.03. The number of hydrogen-bond donors (Lipinski definition) is 1. The lowest BCUT2D eigenvalue weighted by molar-refractivity contribution is 0.0988. The Balaban J connectivity index is 3.35. The molecule has 0 aromatic heterocycles. The van der Waals surface area contributed by atoms with E-state index < -0.39 is 10.0 Å². The number of hydrogen-bond acceptors (Lipinski definition) is 3. The highest BCUT2D eigenvalue weighted by Gasteiger charge is 2.12. The summed E-state index contributed by atoms with van der Waals surface area (Å²) in [6.07, 6.45) is 0.282. The van der Waals surface area contributed by atoms with E-state index in [1.807, 2.05) is 0 Å². The monoisotopic (exact) mass is 247 g/mol. The first-order valence-electron chi connectivity index (χ1n) is 4.21. The predicted octanol–water partition coefficient (Wildman–Crippen LogP) is 1.58. The maximum Gasteiger partial charge on any atom is 0.238 e. The Morgan fingerprint density at radius 3 is 2.47 bits per heavy atom. The highest BCUT2D eigenvalue weighted by atomic mass is 35.5. The third-order valence-electron chi connectivity index (χ3n) is 1.84. The van der Waals surface area contributed by atoms with Crippen LogP contribution in [-0.4, -0.2) is 14.2 Å². The second-order valence-electron chi connectivity index (χ2n) is 3.00. The molecule has 0 atom stereocenters. The molecule has 1 aromatic rings. The second kappa shape index (κ2) is 4.30. The van der Waals surface area contributed by atoms with Crippen LogP contribution in [0.4, 0.5) is 0 Å². The molecule has 1 aromatic carbocycles. The molecule has 0 aliphatic rings. The van der Waals surface area contributed by atoms with Crippen molar-refractivity contribution in [1.29, 1.82) is 0 Å². The molecule has 0 saturated carbocycles. The first-order chi connectivity index (χ1) is 6.84. The Kier molecular flexibility index (Phi) is 3.49. The summed E-state index contributed by atoms with van der Waals surface area (Å²) >= 11 is 5.68. The van der Waals surface area contributed by atoms with E-state index in [1.54, 1.807) is 6.92 Å². The van der Waals surface area contributed by atoms with E-state index in [2.05, 4.69) is 0 Å². The van der Waals surface area contributed by atoms with Crippen LogP contribution in [0.25, 0.3) is 0 Å². The summed E-state index contributed by atoms with van der Waals surface area (Å²) in [5.41, 5.74) is 0.258. The smallest absolute Gasteiger partial charge is 0.238 e. The van der Waals surface area contributed by atoms with Crippen LogP contribution in [0, 0.1) is 0 Å². The van der Waals surface area contributed by atoms with Crippen molar-refractivity contribution in [1.82, 2.24) is 0 Å². The number of rotatable bonds is 3. The first-order valence-corrected chi connectivity index (χ1v) is 6.13. The van der Waals surface area contributed by atoms with E-state index in [0.717, 1.165) is 0 Å². The molecule has 0 heterocycles. The number of benzene rings is 1. The van der Waals surface area contributed by atoms with Crippen molar-refractivity contribution in [2.75, 3.05) is 0 Å². The van der Waals surface area contributed by atoms with Gasteiger partial charge in [0.15, 0.2) is 5.78 Å². The molecule has 0 radical (unpaired) electrons. The first kappa shape index (κ1) is 12.2. The molecule has 1 rings (SSSR count). The standard InChI is InChI=1S/C9H10ClNO3S/c1-2-9(12)6-3-7(10)5-8(4-6)15(11,13)14/h3-5H,2H2,1H3,(H2,11,13,14). The van der Waals surface area contributed by atoms with E-state index in [-0.39, 0.29) is 27.7 Å². The van der Waals surface area contributed by atoms with Crippen molar-refractivity contribution >= 4 is 27.4 Å². The van der Waals surface area contributed by atoms with Crippen LogP contribution in [0.5, 0.6) is 0 Å². The molecule has 0 aliphatic heterocycles. The molecule has 4 nitrogen and oxygen atoms in total. The van der Waals surface area contributed by atoms with Crippen LogP contribution in [0.2, 0.25) is 5.02 Å². The van der Waals surface area contributed by atoms with Gasteiger partial charge < -0.3 is 0 Å². The largest absolute Gasteiger partial charge is 0.294 e. The van der Waals surface area contributed by atoms with Crippen molar-refractivity contribution in [3.05, 3.63) is 28.8 Å². The van der Waals surface area contributed by atoms with Gasteiger partial charge in [0, 0.05) is 17.0 Å². The zero-order valence-corrected chi connectivity index (χ0v) is 9.60. The minimum absolute atomic E-state index is 0.146. The molecule has 0 bridgehead atoms. The Labute approximate surface area is 93.1 Å². The lowest BCUT2D eigenvalue weighted by Crippen LogP contribution is -2.13. The second-order valence-corrected chi connectivity index (χ2v) is 5.00. The van der Waals surface area contributed by atoms with Gasteiger partial charge in [-0.25, -0.2) is 13.6 Å². The molecule has 0 saturated heterocycles.